The number of rotatable bonds is 8. The van der Waals surface area contributed by atoms with Crippen molar-refractivity contribution in [2.75, 3.05) is 17.2 Å². The number of benzene rings is 3. The Morgan fingerprint density at radius 2 is 1.36 bits per heavy atom. The smallest absolute Gasteiger partial charge is 0.262 e. The quantitative estimate of drug-likeness (QED) is 0.416. The van der Waals surface area contributed by atoms with Crippen LogP contribution in [0.2, 0.25) is 0 Å². The SMILES string of the molecule is Cc1ccc(NC(=O)c2ccc(OCC(=O)Nc3c(C(C)C)cccc3C(C)C)cc2)cc1. The van der Waals surface area contributed by atoms with Gasteiger partial charge in [-0.3, -0.25) is 9.59 Å². The summed E-state index contributed by atoms with van der Waals surface area (Å²) in [6.45, 7) is 10.3. The van der Waals surface area contributed by atoms with Gasteiger partial charge in [0.1, 0.15) is 5.75 Å². The van der Waals surface area contributed by atoms with E-state index in [0.29, 0.717) is 23.1 Å². The molecule has 3 aromatic carbocycles. The summed E-state index contributed by atoms with van der Waals surface area (Å²) in [5, 5.41) is 5.91. The Labute approximate surface area is 196 Å². The molecule has 0 aliphatic carbocycles. The Balaban J connectivity index is 1.60. The number of hydrogen-bond donors (Lipinski definition) is 2. The normalized spacial score (nSPS) is 10.9. The van der Waals surface area contributed by atoms with Crippen molar-refractivity contribution < 1.29 is 14.3 Å². The zero-order valence-electron chi connectivity index (χ0n) is 19.9. The average molecular weight is 445 g/mol. The lowest BCUT2D eigenvalue weighted by atomic mass is 9.92. The highest BCUT2D eigenvalue weighted by Gasteiger charge is 2.16. The van der Waals surface area contributed by atoms with Gasteiger partial charge in [-0.05, 0) is 66.3 Å². The minimum atomic E-state index is -0.216. The molecule has 0 unspecified atom stereocenters. The lowest BCUT2D eigenvalue weighted by Crippen LogP contribution is -2.22. The number of hydrogen-bond acceptors (Lipinski definition) is 3. The first-order valence-corrected chi connectivity index (χ1v) is 11.3. The van der Waals surface area contributed by atoms with E-state index in [2.05, 4.69) is 38.3 Å². The van der Waals surface area contributed by atoms with E-state index in [-0.39, 0.29) is 18.4 Å². The molecule has 3 aromatic rings. The molecule has 172 valence electrons. The maximum Gasteiger partial charge on any atom is 0.262 e. The second kappa shape index (κ2) is 10.8. The molecular formula is C28H32N2O3. The minimum absolute atomic E-state index is 0.112. The molecule has 0 aromatic heterocycles. The molecular weight excluding hydrogens is 412 g/mol. The van der Waals surface area contributed by atoms with Gasteiger partial charge in [0.25, 0.3) is 11.8 Å². The highest BCUT2D eigenvalue weighted by Crippen LogP contribution is 2.32. The van der Waals surface area contributed by atoms with Crippen LogP contribution in [0.25, 0.3) is 0 Å². The highest BCUT2D eigenvalue weighted by atomic mass is 16.5. The Bertz CT molecular complexity index is 1070. The zero-order chi connectivity index (χ0) is 24.0. The summed E-state index contributed by atoms with van der Waals surface area (Å²) >= 11 is 0. The van der Waals surface area contributed by atoms with Crippen LogP contribution >= 0.6 is 0 Å². The van der Waals surface area contributed by atoms with Crippen LogP contribution < -0.4 is 15.4 Å². The summed E-state index contributed by atoms with van der Waals surface area (Å²) in [7, 11) is 0. The molecule has 0 radical (unpaired) electrons. The summed E-state index contributed by atoms with van der Waals surface area (Å²) in [6, 6.07) is 20.5. The molecule has 0 aliphatic rings. The van der Waals surface area contributed by atoms with Crippen LogP contribution in [0.3, 0.4) is 0 Å². The van der Waals surface area contributed by atoms with Crippen molar-refractivity contribution in [1.29, 1.82) is 0 Å². The number of carbonyl (C=O) groups excluding carboxylic acids is 2. The van der Waals surface area contributed by atoms with Gasteiger partial charge < -0.3 is 15.4 Å². The van der Waals surface area contributed by atoms with Crippen LogP contribution in [0.4, 0.5) is 11.4 Å². The molecule has 0 spiro atoms. The molecule has 33 heavy (non-hydrogen) atoms. The monoisotopic (exact) mass is 444 g/mol. The van der Waals surface area contributed by atoms with Crippen LogP contribution in [0, 0.1) is 6.92 Å². The summed E-state index contributed by atoms with van der Waals surface area (Å²) < 4.78 is 5.66. The molecule has 3 rings (SSSR count). The van der Waals surface area contributed by atoms with Crippen molar-refractivity contribution in [1.82, 2.24) is 0 Å². The van der Waals surface area contributed by atoms with Gasteiger partial charge in [0.05, 0.1) is 0 Å². The predicted molar refractivity (Wildman–Crippen MR) is 134 cm³/mol. The van der Waals surface area contributed by atoms with Crippen LogP contribution in [0.5, 0.6) is 5.75 Å². The van der Waals surface area contributed by atoms with E-state index < -0.39 is 0 Å². The molecule has 0 aliphatic heterocycles. The van der Waals surface area contributed by atoms with E-state index in [1.54, 1.807) is 24.3 Å². The van der Waals surface area contributed by atoms with E-state index >= 15 is 0 Å². The van der Waals surface area contributed by atoms with E-state index in [1.807, 2.05) is 49.4 Å². The first-order valence-electron chi connectivity index (χ1n) is 11.3. The van der Waals surface area contributed by atoms with Gasteiger partial charge >= 0.3 is 0 Å². The molecule has 2 N–H and O–H groups in total. The first kappa shape index (κ1) is 24.1. The summed E-state index contributed by atoms with van der Waals surface area (Å²) in [6.07, 6.45) is 0. The van der Waals surface area contributed by atoms with Crippen molar-refractivity contribution >= 4 is 23.2 Å². The molecule has 0 heterocycles. The average Bonchev–Trinajstić information content (AvgIpc) is 2.79. The Morgan fingerprint density at radius 3 is 1.91 bits per heavy atom. The van der Waals surface area contributed by atoms with Gasteiger partial charge in [0.2, 0.25) is 0 Å². The van der Waals surface area contributed by atoms with Crippen molar-refractivity contribution in [2.45, 2.75) is 46.5 Å². The van der Waals surface area contributed by atoms with Gasteiger partial charge in [-0.15, -0.1) is 0 Å². The lowest BCUT2D eigenvalue weighted by Gasteiger charge is -2.20. The number of nitrogens with one attached hydrogen (secondary N) is 2. The van der Waals surface area contributed by atoms with Crippen molar-refractivity contribution in [3.63, 3.8) is 0 Å². The fourth-order valence-corrected chi connectivity index (χ4v) is 3.56. The highest BCUT2D eigenvalue weighted by molar-refractivity contribution is 6.04. The molecule has 5 heteroatoms. The molecule has 5 nitrogen and oxygen atoms in total. The minimum Gasteiger partial charge on any atom is -0.484 e. The third-order valence-corrected chi connectivity index (χ3v) is 5.43. The van der Waals surface area contributed by atoms with E-state index in [1.165, 1.54) is 0 Å². The summed E-state index contributed by atoms with van der Waals surface area (Å²) in [5.41, 5.74) is 5.48. The fourth-order valence-electron chi connectivity index (χ4n) is 3.56. The van der Waals surface area contributed by atoms with E-state index in [0.717, 1.165) is 28.1 Å². The Hall–Kier alpha value is -3.60. The van der Waals surface area contributed by atoms with Gasteiger partial charge in [-0.2, -0.15) is 0 Å². The fraction of sp³-hybridized carbons (Fsp3) is 0.286. The number of para-hydroxylation sites is 1. The van der Waals surface area contributed by atoms with Gasteiger partial charge in [-0.25, -0.2) is 0 Å². The largest absolute Gasteiger partial charge is 0.484 e. The Kier molecular flexibility index (Phi) is 7.88. The lowest BCUT2D eigenvalue weighted by molar-refractivity contribution is -0.118. The number of ether oxygens (including phenoxy) is 1. The second-order valence-corrected chi connectivity index (χ2v) is 8.80. The van der Waals surface area contributed by atoms with Crippen molar-refractivity contribution in [3.05, 3.63) is 89.0 Å². The van der Waals surface area contributed by atoms with Gasteiger partial charge in [0.15, 0.2) is 6.61 Å². The zero-order valence-corrected chi connectivity index (χ0v) is 19.9. The standard InChI is InChI=1S/C28H32N2O3/c1-18(2)24-7-6-8-25(19(3)4)27(24)30-26(31)17-33-23-15-11-21(12-16-23)28(32)29-22-13-9-20(5)10-14-22/h6-16,18-19H,17H2,1-5H3,(H,29,32)(H,30,31). The number of carbonyl (C=O) groups is 2. The maximum atomic E-state index is 12.6. The summed E-state index contributed by atoms with van der Waals surface area (Å²) in [4.78, 5) is 25.1. The third-order valence-electron chi connectivity index (χ3n) is 5.43. The number of amides is 2. The number of anilines is 2. The van der Waals surface area contributed by atoms with E-state index in [9.17, 15) is 9.59 Å². The second-order valence-electron chi connectivity index (χ2n) is 8.80. The van der Waals surface area contributed by atoms with Gasteiger partial charge in [-0.1, -0.05) is 63.6 Å². The maximum absolute atomic E-state index is 12.6. The van der Waals surface area contributed by atoms with Crippen molar-refractivity contribution in [2.24, 2.45) is 0 Å². The molecule has 0 fully saturated rings. The van der Waals surface area contributed by atoms with Crippen molar-refractivity contribution in [3.8, 4) is 5.75 Å². The summed E-state index contributed by atoms with van der Waals surface area (Å²) in [5.74, 6) is 0.691. The van der Waals surface area contributed by atoms with Crippen LogP contribution in [-0.4, -0.2) is 18.4 Å². The van der Waals surface area contributed by atoms with E-state index in [4.69, 9.17) is 4.74 Å². The molecule has 0 bridgehead atoms. The third kappa shape index (κ3) is 6.45. The molecule has 0 atom stereocenters. The molecule has 2 amide bonds. The predicted octanol–water partition coefficient (Wildman–Crippen LogP) is 6.51. The van der Waals surface area contributed by atoms with Gasteiger partial charge in [0, 0.05) is 16.9 Å². The Morgan fingerprint density at radius 1 is 0.788 bits per heavy atom. The number of aryl methyl sites for hydroxylation is 1. The van der Waals surface area contributed by atoms with Crippen LogP contribution in [0.15, 0.2) is 66.7 Å². The van der Waals surface area contributed by atoms with Crippen LogP contribution in [-0.2, 0) is 4.79 Å². The molecule has 0 saturated carbocycles. The topological polar surface area (TPSA) is 67.4 Å². The van der Waals surface area contributed by atoms with Crippen LogP contribution in [0.1, 0.15) is 66.6 Å². The first-order chi connectivity index (χ1) is 15.7. The molecule has 0 saturated heterocycles.